The molecule has 1 aliphatic heterocycles. The van der Waals surface area contributed by atoms with Gasteiger partial charge in [0.1, 0.15) is 5.75 Å². The SMILES string of the molecule is COC(OC)c1ccnc2c1OCCC2. The number of aromatic nitrogens is 1. The lowest BCUT2D eigenvalue weighted by Crippen LogP contribution is -2.15. The van der Waals surface area contributed by atoms with Gasteiger partial charge in [0.15, 0.2) is 6.29 Å². The average Bonchev–Trinajstić information content (AvgIpc) is 2.31. The van der Waals surface area contributed by atoms with E-state index in [4.69, 9.17) is 14.2 Å². The number of hydrogen-bond donors (Lipinski definition) is 0. The maximum atomic E-state index is 5.62. The minimum absolute atomic E-state index is 0.375. The van der Waals surface area contributed by atoms with Crippen LogP contribution in [0.1, 0.15) is 24.0 Å². The number of fused-ring (bicyclic) bond motifs is 1. The molecule has 0 saturated carbocycles. The van der Waals surface area contributed by atoms with Gasteiger partial charge in [-0.25, -0.2) is 0 Å². The van der Waals surface area contributed by atoms with Crippen LogP contribution in [0.5, 0.6) is 5.75 Å². The van der Waals surface area contributed by atoms with Crippen molar-refractivity contribution in [2.45, 2.75) is 19.1 Å². The van der Waals surface area contributed by atoms with Gasteiger partial charge < -0.3 is 14.2 Å². The first kappa shape index (κ1) is 10.4. The highest BCUT2D eigenvalue weighted by Gasteiger charge is 2.21. The summed E-state index contributed by atoms with van der Waals surface area (Å²) in [6.07, 6.45) is 3.38. The summed E-state index contributed by atoms with van der Waals surface area (Å²) in [5.41, 5.74) is 1.92. The van der Waals surface area contributed by atoms with E-state index in [0.717, 1.165) is 36.5 Å². The molecule has 0 aliphatic carbocycles. The first-order valence-corrected chi connectivity index (χ1v) is 5.03. The van der Waals surface area contributed by atoms with Crippen molar-refractivity contribution in [2.24, 2.45) is 0 Å². The Morgan fingerprint density at radius 2 is 2.20 bits per heavy atom. The molecule has 15 heavy (non-hydrogen) atoms. The van der Waals surface area contributed by atoms with Crippen LogP contribution < -0.4 is 4.74 Å². The normalized spacial score (nSPS) is 14.9. The minimum Gasteiger partial charge on any atom is -0.491 e. The van der Waals surface area contributed by atoms with E-state index < -0.39 is 0 Å². The molecule has 4 nitrogen and oxygen atoms in total. The van der Waals surface area contributed by atoms with Gasteiger partial charge in [-0.2, -0.15) is 0 Å². The lowest BCUT2D eigenvalue weighted by molar-refractivity contribution is -0.107. The Hall–Kier alpha value is -1.13. The molecule has 0 N–H and O–H groups in total. The van der Waals surface area contributed by atoms with E-state index in [0.29, 0.717) is 0 Å². The zero-order valence-corrected chi connectivity index (χ0v) is 9.03. The Morgan fingerprint density at radius 3 is 2.93 bits per heavy atom. The van der Waals surface area contributed by atoms with Crippen LogP contribution in [0.4, 0.5) is 0 Å². The quantitative estimate of drug-likeness (QED) is 0.710. The smallest absolute Gasteiger partial charge is 0.186 e. The summed E-state index contributed by atoms with van der Waals surface area (Å²) in [5, 5.41) is 0. The van der Waals surface area contributed by atoms with Crippen molar-refractivity contribution >= 4 is 0 Å². The fourth-order valence-electron chi connectivity index (χ4n) is 1.80. The summed E-state index contributed by atoms with van der Waals surface area (Å²) >= 11 is 0. The van der Waals surface area contributed by atoms with Crippen molar-refractivity contribution in [1.82, 2.24) is 4.98 Å². The van der Waals surface area contributed by atoms with Gasteiger partial charge in [0.2, 0.25) is 0 Å². The zero-order chi connectivity index (χ0) is 10.7. The van der Waals surface area contributed by atoms with Gasteiger partial charge in [-0.1, -0.05) is 0 Å². The molecule has 1 aromatic rings. The molecule has 0 fully saturated rings. The highest BCUT2D eigenvalue weighted by atomic mass is 16.7. The average molecular weight is 209 g/mol. The first-order valence-electron chi connectivity index (χ1n) is 5.03. The standard InChI is InChI=1S/C11H15NO3/c1-13-11(14-2)8-5-6-12-9-4-3-7-15-10(8)9/h5-6,11H,3-4,7H2,1-2H3. The van der Waals surface area contributed by atoms with E-state index >= 15 is 0 Å². The van der Waals surface area contributed by atoms with Crippen molar-refractivity contribution in [2.75, 3.05) is 20.8 Å². The summed E-state index contributed by atoms with van der Waals surface area (Å²) < 4.78 is 16.1. The molecular weight excluding hydrogens is 194 g/mol. The number of aryl methyl sites for hydroxylation is 1. The number of ether oxygens (including phenoxy) is 3. The lowest BCUT2D eigenvalue weighted by atomic mass is 10.1. The van der Waals surface area contributed by atoms with E-state index in [9.17, 15) is 0 Å². The van der Waals surface area contributed by atoms with Crippen LogP contribution in [-0.4, -0.2) is 25.8 Å². The Bertz CT molecular complexity index is 337. The van der Waals surface area contributed by atoms with E-state index in [2.05, 4.69) is 4.98 Å². The molecule has 0 saturated heterocycles. The molecule has 0 bridgehead atoms. The van der Waals surface area contributed by atoms with E-state index in [1.807, 2.05) is 6.07 Å². The third-order valence-corrected chi connectivity index (χ3v) is 2.50. The number of rotatable bonds is 3. The second-order valence-corrected chi connectivity index (χ2v) is 3.43. The van der Waals surface area contributed by atoms with Gasteiger partial charge in [0.25, 0.3) is 0 Å². The lowest BCUT2D eigenvalue weighted by Gasteiger charge is -2.22. The summed E-state index contributed by atoms with van der Waals surface area (Å²) in [4.78, 5) is 4.29. The van der Waals surface area contributed by atoms with Crippen LogP contribution in [-0.2, 0) is 15.9 Å². The Kier molecular flexibility index (Phi) is 3.18. The van der Waals surface area contributed by atoms with Crippen molar-refractivity contribution in [3.8, 4) is 5.75 Å². The predicted octanol–water partition coefficient (Wildman–Crippen LogP) is 1.70. The second kappa shape index (κ2) is 4.59. The molecule has 0 unspecified atom stereocenters. The summed E-state index contributed by atoms with van der Waals surface area (Å²) in [6.45, 7) is 0.742. The van der Waals surface area contributed by atoms with E-state index in [1.54, 1.807) is 20.4 Å². The van der Waals surface area contributed by atoms with Crippen molar-refractivity contribution in [3.63, 3.8) is 0 Å². The van der Waals surface area contributed by atoms with Gasteiger partial charge >= 0.3 is 0 Å². The van der Waals surface area contributed by atoms with Gasteiger partial charge in [0, 0.05) is 20.4 Å². The van der Waals surface area contributed by atoms with Crippen LogP contribution in [0, 0.1) is 0 Å². The number of nitrogens with zero attached hydrogens (tertiary/aromatic N) is 1. The minimum atomic E-state index is -0.375. The van der Waals surface area contributed by atoms with Gasteiger partial charge in [0.05, 0.1) is 17.9 Å². The molecular formula is C11H15NO3. The molecule has 0 spiro atoms. The van der Waals surface area contributed by atoms with Gasteiger partial charge in [-0.15, -0.1) is 0 Å². The summed E-state index contributed by atoms with van der Waals surface area (Å²) in [6, 6.07) is 1.88. The molecule has 1 aliphatic rings. The maximum Gasteiger partial charge on any atom is 0.186 e. The maximum absolute atomic E-state index is 5.62. The fraction of sp³-hybridized carbons (Fsp3) is 0.545. The van der Waals surface area contributed by atoms with E-state index in [-0.39, 0.29) is 6.29 Å². The Morgan fingerprint density at radius 1 is 1.40 bits per heavy atom. The molecule has 2 rings (SSSR count). The molecule has 0 amide bonds. The zero-order valence-electron chi connectivity index (χ0n) is 9.03. The van der Waals surface area contributed by atoms with Crippen molar-refractivity contribution in [1.29, 1.82) is 0 Å². The van der Waals surface area contributed by atoms with Crippen LogP contribution in [0.3, 0.4) is 0 Å². The number of methoxy groups -OCH3 is 2. The fourth-order valence-corrected chi connectivity index (χ4v) is 1.80. The van der Waals surface area contributed by atoms with Crippen LogP contribution >= 0.6 is 0 Å². The van der Waals surface area contributed by atoms with E-state index in [1.165, 1.54) is 0 Å². The second-order valence-electron chi connectivity index (χ2n) is 3.43. The monoisotopic (exact) mass is 209 g/mol. The molecule has 0 atom stereocenters. The van der Waals surface area contributed by atoms with Crippen LogP contribution in [0.2, 0.25) is 0 Å². The van der Waals surface area contributed by atoms with Gasteiger partial charge in [-0.3, -0.25) is 4.98 Å². The topological polar surface area (TPSA) is 40.6 Å². The largest absolute Gasteiger partial charge is 0.491 e. The summed E-state index contributed by atoms with van der Waals surface area (Å²) in [7, 11) is 3.23. The van der Waals surface area contributed by atoms with Crippen molar-refractivity contribution in [3.05, 3.63) is 23.5 Å². The predicted molar refractivity (Wildman–Crippen MR) is 54.8 cm³/mol. The van der Waals surface area contributed by atoms with Gasteiger partial charge in [-0.05, 0) is 18.9 Å². The Labute approximate surface area is 89.2 Å². The number of hydrogen-bond acceptors (Lipinski definition) is 4. The van der Waals surface area contributed by atoms with Crippen LogP contribution in [0.15, 0.2) is 12.3 Å². The highest BCUT2D eigenvalue weighted by Crippen LogP contribution is 2.32. The Balaban J connectivity index is 2.38. The number of pyridine rings is 1. The first-order chi connectivity index (χ1) is 7.36. The molecule has 0 aromatic carbocycles. The highest BCUT2D eigenvalue weighted by molar-refractivity contribution is 5.39. The molecule has 1 aromatic heterocycles. The molecule has 0 radical (unpaired) electrons. The van der Waals surface area contributed by atoms with Crippen molar-refractivity contribution < 1.29 is 14.2 Å². The third kappa shape index (κ3) is 1.96. The van der Waals surface area contributed by atoms with Crippen LogP contribution in [0.25, 0.3) is 0 Å². The molecule has 4 heteroatoms. The third-order valence-electron chi connectivity index (χ3n) is 2.50. The summed E-state index contributed by atoms with van der Waals surface area (Å²) in [5.74, 6) is 0.831. The molecule has 82 valence electrons. The molecule has 2 heterocycles.